The summed E-state index contributed by atoms with van der Waals surface area (Å²) in [5.41, 5.74) is 0.636. The normalized spacial score (nSPS) is 33.2. The molecule has 1 aromatic heterocycles. The molecule has 2 aliphatic rings. The molecule has 2 fully saturated rings. The number of carbonyl (C=O) groups excluding carboxylic acids is 2. The Bertz CT molecular complexity index is 909. The molecule has 2 aliphatic heterocycles. The van der Waals surface area contributed by atoms with Gasteiger partial charge < -0.3 is 19.3 Å². The molecule has 0 spiro atoms. The third kappa shape index (κ3) is 7.68. The Morgan fingerprint density at radius 1 is 1.29 bits per heavy atom. The summed E-state index contributed by atoms with van der Waals surface area (Å²) in [6.45, 7) is 11.8. The Labute approximate surface area is 213 Å². The summed E-state index contributed by atoms with van der Waals surface area (Å²) in [7, 11) is 0. The summed E-state index contributed by atoms with van der Waals surface area (Å²) < 4.78 is 17.7. The van der Waals surface area contributed by atoms with Gasteiger partial charge >= 0.3 is 5.97 Å². The molecule has 0 aromatic carbocycles. The predicted octanol–water partition coefficient (Wildman–Crippen LogP) is 4.89. The summed E-state index contributed by atoms with van der Waals surface area (Å²) in [5.74, 6) is -0.418. The van der Waals surface area contributed by atoms with Crippen LogP contribution in [-0.2, 0) is 23.8 Å². The van der Waals surface area contributed by atoms with Crippen LogP contribution in [0, 0.1) is 18.3 Å². The van der Waals surface area contributed by atoms with Gasteiger partial charge in [-0.25, -0.2) is 4.98 Å². The lowest BCUT2D eigenvalue weighted by Crippen LogP contribution is -2.42. The van der Waals surface area contributed by atoms with Gasteiger partial charge in [0.1, 0.15) is 11.9 Å². The predicted molar refractivity (Wildman–Crippen MR) is 136 cm³/mol. The number of hydrogen-bond donors (Lipinski definition) is 1. The van der Waals surface area contributed by atoms with E-state index in [4.69, 9.17) is 14.2 Å². The zero-order chi connectivity index (χ0) is 25.8. The second kappa shape index (κ2) is 12.1. The van der Waals surface area contributed by atoms with Gasteiger partial charge in [-0.1, -0.05) is 27.2 Å². The number of epoxide rings is 1. The number of esters is 1. The maximum absolute atomic E-state index is 13.2. The number of fused-ring (bicyclic) bond motifs is 1. The van der Waals surface area contributed by atoms with Gasteiger partial charge in [-0.2, -0.15) is 0 Å². The van der Waals surface area contributed by atoms with E-state index in [1.54, 1.807) is 25.2 Å². The molecule has 1 aromatic rings. The van der Waals surface area contributed by atoms with E-state index in [-0.39, 0.29) is 42.9 Å². The van der Waals surface area contributed by atoms with Crippen LogP contribution in [0.15, 0.2) is 11.0 Å². The number of rotatable bonds is 4. The number of cyclic esters (lactones) is 1. The molecule has 2 saturated heterocycles. The minimum absolute atomic E-state index is 0.0437. The van der Waals surface area contributed by atoms with Crippen LogP contribution in [-0.4, -0.2) is 59.0 Å². The van der Waals surface area contributed by atoms with Gasteiger partial charge in [0.2, 0.25) is 0 Å². The number of ketones is 1. The molecular formula is C27H41NO6S. The average molecular weight is 508 g/mol. The highest BCUT2D eigenvalue weighted by Crippen LogP contribution is 2.36. The lowest BCUT2D eigenvalue weighted by molar-refractivity contribution is -0.153. The molecule has 0 radical (unpaired) electrons. The fraction of sp³-hybridized carbons (Fsp3) is 0.741. The average Bonchev–Trinajstić information content (AvgIpc) is 3.39. The highest BCUT2D eigenvalue weighted by Gasteiger charge is 2.43. The maximum atomic E-state index is 13.2. The second-order valence-electron chi connectivity index (χ2n) is 10.6. The van der Waals surface area contributed by atoms with Gasteiger partial charge in [-0.15, -0.1) is 11.3 Å². The van der Waals surface area contributed by atoms with Crippen molar-refractivity contribution in [3.63, 3.8) is 0 Å². The van der Waals surface area contributed by atoms with E-state index in [0.29, 0.717) is 13.0 Å². The highest BCUT2D eigenvalue weighted by molar-refractivity contribution is 7.09. The molecule has 0 aliphatic carbocycles. The minimum Gasteiger partial charge on any atom is -0.458 e. The van der Waals surface area contributed by atoms with Crippen LogP contribution in [0.1, 0.15) is 83.8 Å². The summed E-state index contributed by atoms with van der Waals surface area (Å²) in [6, 6.07) is 0. The molecule has 7 nitrogen and oxygen atoms in total. The molecule has 1 N–H and O–H groups in total. The first-order valence-corrected chi connectivity index (χ1v) is 13.7. The Balaban J connectivity index is 1.79. The quantitative estimate of drug-likeness (QED) is 0.458. The van der Waals surface area contributed by atoms with Crippen molar-refractivity contribution in [1.29, 1.82) is 0 Å². The van der Waals surface area contributed by atoms with Crippen molar-refractivity contribution in [2.24, 2.45) is 11.3 Å². The van der Waals surface area contributed by atoms with E-state index in [2.05, 4.69) is 11.9 Å². The Hall–Kier alpha value is -1.61. The lowest BCUT2D eigenvalue weighted by Gasteiger charge is -2.32. The zero-order valence-electron chi connectivity index (χ0n) is 21.9. The summed E-state index contributed by atoms with van der Waals surface area (Å²) >= 11 is 1.57. The first kappa shape index (κ1) is 28.0. The summed E-state index contributed by atoms with van der Waals surface area (Å²) in [6.07, 6.45) is 3.69. The zero-order valence-corrected chi connectivity index (χ0v) is 22.7. The molecule has 8 heteroatoms. The molecule has 3 heterocycles. The van der Waals surface area contributed by atoms with E-state index in [0.717, 1.165) is 35.5 Å². The number of carbonyl (C=O) groups is 2. The van der Waals surface area contributed by atoms with E-state index < -0.39 is 23.6 Å². The third-order valence-corrected chi connectivity index (χ3v) is 8.18. The van der Waals surface area contributed by atoms with Crippen LogP contribution < -0.4 is 0 Å². The van der Waals surface area contributed by atoms with Gasteiger partial charge in [-0.3, -0.25) is 9.59 Å². The van der Waals surface area contributed by atoms with Crippen molar-refractivity contribution >= 4 is 29.2 Å². The Morgan fingerprint density at radius 2 is 2.03 bits per heavy atom. The molecule has 35 heavy (non-hydrogen) atoms. The van der Waals surface area contributed by atoms with Gasteiger partial charge in [-0.05, 0) is 51.2 Å². The lowest BCUT2D eigenvalue weighted by atomic mass is 9.77. The Kier molecular flexibility index (Phi) is 9.66. The number of Topliss-reactive ketones (excluding diaryl/α,β-unsaturated/α-hetero) is 1. The molecule has 196 valence electrons. The first-order chi connectivity index (χ1) is 16.5. The fourth-order valence-electron chi connectivity index (χ4n) is 4.67. The van der Waals surface area contributed by atoms with Crippen LogP contribution >= 0.6 is 11.3 Å². The number of hydrogen-bond acceptors (Lipinski definition) is 8. The van der Waals surface area contributed by atoms with Crippen molar-refractivity contribution in [3.8, 4) is 0 Å². The van der Waals surface area contributed by atoms with Gasteiger partial charge in [0.05, 0.1) is 41.5 Å². The molecule has 6 atom stereocenters. The van der Waals surface area contributed by atoms with Crippen molar-refractivity contribution in [2.75, 3.05) is 6.61 Å². The molecule has 3 rings (SSSR count). The van der Waals surface area contributed by atoms with Crippen LogP contribution in [0.2, 0.25) is 0 Å². The van der Waals surface area contributed by atoms with Crippen molar-refractivity contribution in [2.45, 2.75) is 111 Å². The standard InChI is InChI=1S/C27H41NO6S/c1-7-32-21-13-24(29)27(5,6)25(30)14-26(31)34-22(17(3)11-19-15-35-18(4)28-19)12-23-20(33-23)10-8-9-16(21)2/h11,15-16,20-23,25,30H,7-10,12-14H2,1-6H3. The third-order valence-electron chi connectivity index (χ3n) is 7.39. The monoisotopic (exact) mass is 507 g/mol. The topological polar surface area (TPSA) is 98.2 Å². The largest absolute Gasteiger partial charge is 0.458 e. The number of aliphatic hydroxyl groups is 1. The number of ether oxygens (including phenoxy) is 3. The van der Waals surface area contributed by atoms with Gasteiger partial charge in [0, 0.05) is 30.2 Å². The van der Waals surface area contributed by atoms with E-state index in [9.17, 15) is 14.7 Å². The van der Waals surface area contributed by atoms with Crippen LogP contribution in [0.25, 0.3) is 6.08 Å². The second-order valence-corrected chi connectivity index (χ2v) is 11.6. The number of thiazole rings is 1. The van der Waals surface area contributed by atoms with Crippen LogP contribution in [0.4, 0.5) is 0 Å². The number of nitrogens with zero attached hydrogens (tertiary/aromatic N) is 1. The number of aryl methyl sites for hydroxylation is 1. The van der Waals surface area contributed by atoms with Gasteiger partial charge in [0.15, 0.2) is 0 Å². The smallest absolute Gasteiger partial charge is 0.309 e. The molecule has 6 unspecified atom stereocenters. The first-order valence-electron chi connectivity index (χ1n) is 12.8. The van der Waals surface area contributed by atoms with Crippen LogP contribution in [0.5, 0.6) is 0 Å². The SMILES string of the molecule is CCOC1CC(=O)C(C)(C)C(O)CC(=O)OC(C(C)=Cc2csc(C)n2)CC2OC2CCCC1C. The molecule has 0 amide bonds. The Morgan fingerprint density at radius 3 is 2.69 bits per heavy atom. The minimum atomic E-state index is -1.15. The summed E-state index contributed by atoms with van der Waals surface area (Å²) in [4.78, 5) is 30.6. The summed E-state index contributed by atoms with van der Waals surface area (Å²) in [5, 5.41) is 13.8. The fourth-order valence-corrected chi connectivity index (χ4v) is 5.24. The van der Waals surface area contributed by atoms with Crippen molar-refractivity contribution in [1.82, 2.24) is 4.98 Å². The van der Waals surface area contributed by atoms with Crippen molar-refractivity contribution < 1.29 is 28.9 Å². The van der Waals surface area contributed by atoms with Crippen LogP contribution in [0.3, 0.4) is 0 Å². The highest BCUT2D eigenvalue weighted by atomic mass is 32.1. The molecule has 0 saturated carbocycles. The number of aromatic nitrogens is 1. The number of aliphatic hydroxyl groups excluding tert-OH is 1. The van der Waals surface area contributed by atoms with E-state index in [1.165, 1.54) is 0 Å². The van der Waals surface area contributed by atoms with Crippen molar-refractivity contribution in [3.05, 3.63) is 21.7 Å². The maximum Gasteiger partial charge on any atom is 0.309 e. The van der Waals surface area contributed by atoms with E-state index in [1.807, 2.05) is 32.2 Å². The van der Waals surface area contributed by atoms with Gasteiger partial charge in [0.25, 0.3) is 0 Å². The van der Waals surface area contributed by atoms with E-state index >= 15 is 0 Å². The molecule has 0 bridgehead atoms. The molecular weight excluding hydrogens is 466 g/mol.